The van der Waals surface area contributed by atoms with Crippen LogP contribution < -0.4 is 10.2 Å². The molecule has 1 aromatic carbocycles. The monoisotopic (exact) mass is 391 g/mol. The number of methoxy groups -OCH3 is 2. The molecular weight excluding hydrogens is 366 g/mol. The van der Waals surface area contributed by atoms with Crippen molar-refractivity contribution in [2.24, 2.45) is 0 Å². The molecule has 0 bridgehead atoms. The Kier molecular flexibility index (Phi) is 7.13. The molecule has 0 unspecified atom stereocenters. The van der Waals surface area contributed by atoms with Gasteiger partial charge < -0.3 is 29.3 Å². The fourth-order valence-corrected chi connectivity index (χ4v) is 2.80. The largest absolute Gasteiger partial charge is 0.466 e. The number of esters is 2. The maximum absolute atomic E-state index is 12.4. The molecule has 0 aromatic heterocycles. The van der Waals surface area contributed by atoms with Gasteiger partial charge in [-0.25, -0.2) is 9.59 Å². The van der Waals surface area contributed by atoms with Gasteiger partial charge in [0.05, 0.1) is 32.9 Å². The van der Waals surface area contributed by atoms with Gasteiger partial charge in [0.25, 0.3) is 0 Å². The molecule has 9 heteroatoms. The molecule has 1 N–H and O–H groups in total. The van der Waals surface area contributed by atoms with Crippen molar-refractivity contribution >= 4 is 29.2 Å². The number of nitrogens with zero attached hydrogens (tertiary/aromatic N) is 2. The molecule has 9 nitrogen and oxygen atoms in total. The van der Waals surface area contributed by atoms with Gasteiger partial charge in [-0.05, 0) is 38.7 Å². The quantitative estimate of drug-likeness (QED) is 0.714. The van der Waals surface area contributed by atoms with Crippen LogP contribution in [0.4, 0.5) is 11.4 Å². The van der Waals surface area contributed by atoms with E-state index in [1.165, 1.54) is 14.2 Å². The molecule has 1 aliphatic rings. The van der Waals surface area contributed by atoms with Crippen LogP contribution in [0.2, 0.25) is 0 Å². The van der Waals surface area contributed by atoms with Crippen molar-refractivity contribution in [3.63, 3.8) is 0 Å². The van der Waals surface area contributed by atoms with Gasteiger partial charge in [0.1, 0.15) is 12.4 Å². The third-order valence-electron chi connectivity index (χ3n) is 4.08. The Hall–Kier alpha value is -2.91. The second kappa shape index (κ2) is 9.34. The lowest BCUT2D eigenvalue weighted by molar-refractivity contribution is -0.140. The highest BCUT2D eigenvalue weighted by molar-refractivity contribution is 6.03. The number of likely N-dealkylation sites (N-methyl/N-ethyl adjacent to an activating group) is 1. The second-order valence-corrected chi connectivity index (χ2v) is 6.50. The van der Waals surface area contributed by atoms with E-state index in [4.69, 9.17) is 14.2 Å². The number of carbonyl (C=O) groups excluding carboxylic acids is 3. The summed E-state index contributed by atoms with van der Waals surface area (Å²) in [6.07, 6.45) is 0. The van der Waals surface area contributed by atoms with Crippen LogP contribution in [0.1, 0.15) is 5.56 Å². The van der Waals surface area contributed by atoms with Crippen LogP contribution >= 0.6 is 0 Å². The number of hydrogen-bond acceptors (Lipinski definition) is 8. The fourth-order valence-electron chi connectivity index (χ4n) is 2.80. The Morgan fingerprint density at radius 1 is 1.18 bits per heavy atom. The molecule has 1 heterocycles. The predicted molar refractivity (Wildman–Crippen MR) is 103 cm³/mol. The minimum Gasteiger partial charge on any atom is -0.466 e. The van der Waals surface area contributed by atoms with Gasteiger partial charge in [0.15, 0.2) is 0 Å². The number of nitrogens with one attached hydrogen (secondary N) is 1. The zero-order valence-electron chi connectivity index (χ0n) is 16.7. The van der Waals surface area contributed by atoms with Gasteiger partial charge in [-0.2, -0.15) is 0 Å². The van der Waals surface area contributed by atoms with E-state index < -0.39 is 11.9 Å². The van der Waals surface area contributed by atoms with Crippen molar-refractivity contribution in [3.05, 3.63) is 35.0 Å². The Labute approximate surface area is 163 Å². The van der Waals surface area contributed by atoms with E-state index in [1.807, 2.05) is 13.0 Å². The summed E-state index contributed by atoms with van der Waals surface area (Å²) in [6, 6.07) is 5.29. The van der Waals surface area contributed by atoms with Gasteiger partial charge in [0.2, 0.25) is 5.91 Å². The topological polar surface area (TPSA) is 97.4 Å². The highest BCUT2D eigenvalue weighted by atomic mass is 16.5. The van der Waals surface area contributed by atoms with Gasteiger partial charge in [-0.15, -0.1) is 0 Å². The molecule has 0 radical (unpaired) electrons. The lowest BCUT2D eigenvalue weighted by Crippen LogP contribution is -2.39. The molecule has 152 valence electrons. The highest BCUT2D eigenvalue weighted by Gasteiger charge is 2.33. The smallest absolute Gasteiger partial charge is 0.355 e. The number of amides is 1. The van der Waals surface area contributed by atoms with Crippen molar-refractivity contribution in [2.75, 3.05) is 58.4 Å². The van der Waals surface area contributed by atoms with E-state index in [9.17, 15) is 14.4 Å². The maximum atomic E-state index is 12.4. The average molecular weight is 391 g/mol. The van der Waals surface area contributed by atoms with Crippen molar-refractivity contribution in [1.82, 2.24) is 4.90 Å². The summed E-state index contributed by atoms with van der Waals surface area (Å²) < 4.78 is 15.1. The predicted octanol–water partition coefficient (Wildman–Crippen LogP) is 0.889. The molecule has 0 fully saturated rings. The molecule has 28 heavy (non-hydrogen) atoms. The van der Waals surface area contributed by atoms with Crippen LogP contribution in [-0.2, 0) is 28.6 Å². The van der Waals surface area contributed by atoms with Gasteiger partial charge in [-0.1, -0.05) is 6.07 Å². The minimum atomic E-state index is -0.676. The zero-order chi connectivity index (χ0) is 20.8. The third kappa shape index (κ3) is 4.87. The molecule has 0 saturated carbocycles. The number of ether oxygens (including phenoxy) is 3. The molecule has 0 aliphatic carbocycles. The van der Waals surface area contributed by atoms with Crippen molar-refractivity contribution < 1.29 is 28.6 Å². The van der Waals surface area contributed by atoms with E-state index in [0.29, 0.717) is 11.4 Å². The molecule has 1 aliphatic heterocycles. The van der Waals surface area contributed by atoms with E-state index in [2.05, 4.69) is 5.32 Å². The molecule has 1 amide bonds. The van der Waals surface area contributed by atoms with Gasteiger partial charge in [-0.3, -0.25) is 4.79 Å². The van der Waals surface area contributed by atoms with Crippen LogP contribution in [-0.4, -0.2) is 70.9 Å². The first-order valence-corrected chi connectivity index (χ1v) is 8.58. The first-order chi connectivity index (χ1) is 13.3. The SMILES string of the molecule is COC(=O)C1=C(C(=O)OC)N(c2cc(NC(=O)CN(C)C)ccc2C)COC1. The van der Waals surface area contributed by atoms with E-state index in [-0.39, 0.29) is 37.1 Å². The number of aryl methyl sites for hydroxylation is 1. The lowest BCUT2D eigenvalue weighted by atomic mass is 10.1. The van der Waals surface area contributed by atoms with Crippen LogP contribution in [0.3, 0.4) is 0 Å². The Morgan fingerprint density at radius 2 is 1.86 bits per heavy atom. The molecular formula is C19H25N3O6. The number of anilines is 2. The minimum absolute atomic E-state index is 0.0425. The Balaban J connectivity index is 2.46. The first kappa shape index (κ1) is 21.4. The van der Waals surface area contributed by atoms with Crippen LogP contribution in [0.5, 0.6) is 0 Å². The Bertz CT molecular complexity index is 803. The maximum Gasteiger partial charge on any atom is 0.355 e. The molecule has 0 atom stereocenters. The van der Waals surface area contributed by atoms with Crippen molar-refractivity contribution in [2.45, 2.75) is 6.92 Å². The molecule has 0 saturated heterocycles. The summed E-state index contributed by atoms with van der Waals surface area (Å²) in [4.78, 5) is 39.9. The van der Waals surface area contributed by atoms with E-state index in [1.54, 1.807) is 36.0 Å². The third-order valence-corrected chi connectivity index (χ3v) is 4.08. The van der Waals surface area contributed by atoms with Crippen LogP contribution in [0.15, 0.2) is 29.5 Å². The Morgan fingerprint density at radius 3 is 2.46 bits per heavy atom. The van der Waals surface area contributed by atoms with Crippen LogP contribution in [0.25, 0.3) is 0 Å². The summed E-state index contributed by atoms with van der Waals surface area (Å²) in [7, 11) is 6.07. The lowest BCUT2D eigenvalue weighted by Gasteiger charge is -2.32. The van der Waals surface area contributed by atoms with E-state index >= 15 is 0 Å². The van der Waals surface area contributed by atoms with Crippen molar-refractivity contribution in [1.29, 1.82) is 0 Å². The second-order valence-electron chi connectivity index (χ2n) is 6.50. The highest BCUT2D eigenvalue weighted by Crippen LogP contribution is 2.31. The molecule has 1 aromatic rings. The summed E-state index contributed by atoms with van der Waals surface area (Å²) in [5.41, 5.74) is 2.11. The number of rotatable bonds is 6. The molecule has 0 spiro atoms. The normalized spacial score (nSPS) is 14.1. The van der Waals surface area contributed by atoms with Crippen LogP contribution in [0, 0.1) is 6.92 Å². The molecule has 2 rings (SSSR count). The van der Waals surface area contributed by atoms with E-state index in [0.717, 1.165) is 5.56 Å². The first-order valence-electron chi connectivity index (χ1n) is 8.58. The summed E-state index contributed by atoms with van der Waals surface area (Å²) in [5, 5.41) is 2.81. The van der Waals surface area contributed by atoms with Gasteiger partial charge in [0, 0.05) is 11.4 Å². The number of hydrogen-bond donors (Lipinski definition) is 1. The average Bonchev–Trinajstić information content (AvgIpc) is 2.67. The summed E-state index contributed by atoms with van der Waals surface area (Å²) in [5.74, 6) is -1.52. The van der Waals surface area contributed by atoms with Gasteiger partial charge >= 0.3 is 11.9 Å². The summed E-state index contributed by atoms with van der Waals surface area (Å²) in [6.45, 7) is 2.06. The fraction of sp³-hybridized carbons (Fsp3) is 0.421. The van der Waals surface area contributed by atoms with Crippen molar-refractivity contribution in [3.8, 4) is 0 Å². The number of benzene rings is 1. The summed E-state index contributed by atoms with van der Waals surface area (Å²) >= 11 is 0. The number of carbonyl (C=O) groups is 3. The zero-order valence-corrected chi connectivity index (χ0v) is 16.7. The standard InChI is InChI=1S/C19H25N3O6/c1-12-6-7-13(20-16(23)9-21(2)3)8-15(12)22-11-28-10-14(18(24)26-4)17(22)19(25)27-5/h6-8H,9-11H2,1-5H3,(H,20,23).